The van der Waals surface area contributed by atoms with Gasteiger partial charge in [-0.15, -0.1) is 0 Å². The molecule has 0 atom stereocenters. The summed E-state index contributed by atoms with van der Waals surface area (Å²) in [4.78, 5) is 40.2. The molecule has 14 heteroatoms. The molecule has 0 saturated heterocycles. The van der Waals surface area contributed by atoms with Gasteiger partial charge in [-0.25, -0.2) is 0 Å². The van der Waals surface area contributed by atoms with Gasteiger partial charge in [0.1, 0.15) is 27.1 Å². The van der Waals surface area contributed by atoms with Crippen molar-refractivity contribution in [1.29, 1.82) is 0 Å². The number of hydrogen-bond acceptors (Lipinski definition) is 8. The first-order valence-electron chi connectivity index (χ1n) is 5.69. The number of phosphoric ester groups is 2. The van der Waals surface area contributed by atoms with Crippen molar-refractivity contribution >= 4 is 15.6 Å². The molecule has 0 unspecified atom stereocenters. The number of rotatable bonds is 4. The van der Waals surface area contributed by atoms with E-state index in [-0.39, 0.29) is 173 Å². The molecule has 0 aliphatic carbocycles. The topological polar surface area (TPSA) is 145 Å². The summed E-state index contributed by atoms with van der Waals surface area (Å²) in [5.74, 6) is 0.0849. The van der Waals surface area contributed by atoms with Crippen molar-refractivity contribution in [2.75, 3.05) is 0 Å². The second-order valence-corrected chi connectivity index (χ2v) is 5.86. The quantitative estimate of drug-likeness (QED) is 0.318. The minimum Gasteiger partial charge on any atom is -0.780 e. The molecule has 0 heterocycles. The van der Waals surface area contributed by atoms with Crippen LogP contribution < -0.4 is 191 Å². The summed E-state index contributed by atoms with van der Waals surface area (Å²) in [5, 5.41) is 0. The molecule has 26 heavy (non-hydrogen) atoms. The van der Waals surface area contributed by atoms with Crippen LogP contribution in [0.2, 0.25) is 0 Å². The monoisotopic (exact) mass is 468 g/mol. The third-order valence-electron chi connectivity index (χ3n) is 1.92. The molecule has 0 N–H and O–H groups in total. The summed E-state index contributed by atoms with van der Waals surface area (Å²) in [5.41, 5.74) is 0. The molecular weight excluding hydrogens is 458 g/mol. The van der Waals surface area contributed by atoms with Crippen LogP contribution >= 0.6 is 15.6 Å². The molecular formula is C12H10K2Na2O8P2. The Hall–Kier alpha value is 3.61. The van der Waals surface area contributed by atoms with E-state index >= 15 is 0 Å². The van der Waals surface area contributed by atoms with E-state index in [4.69, 9.17) is 0 Å². The van der Waals surface area contributed by atoms with Crippen LogP contribution in [0.4, 0.5) is 0 Å². The van der Waals surface area contributed by atoms with E-state index in [2.05, 4.69) is 9.05 Å². The third-order valence-corrected chi connectivity index (χ3v) is 2.79. The van der Waals surface area contributed by atoms with Gasteiger partial charge in [0.2, 0.25) is 0 Å². The van der Waals surface area contributed by atoms with Gasteiger partial charge in [0, 0.05) is 0 Å². The van der Waals surface area contributed by atoms with E-state index < -0.39 is 15.6 Å². The van der Waals surface area contributed by atoms with Crippen LogP contribution in [0.1, 0.15) is 0 Å². The Labute approximate surface area is 281 Å². The molecule has 0 bridgehead atoms. The molecule has 0 aromatic heterocycles. The zero-order valence-electron chi connectivity index (χ0n) is 14.9. The summed E-state index contributed by atoms with van der Waals surface area (Å²) >= 11 is 0. The summed E-state index contributed by atoms with van der Waals surface area (Å²) in [7, 11) is -9.78. The van der Waals surface area contributed by atoms with Gasteiger partial charge in [0.15, 0.2) is 0 Å². The van der Waals surface area contributed by atoms with E-state index in [0.717, 1.165) is 0 Å². The van der Waals surface area contributed by atoms with Gasteiger partial charge >= 0.3 is 162 Å². The maximum absolute atomic E-state index is 10.1. The average molecular weight is 468 g/mol. The van der Waals surface area contributed by atoms with E-state index in [1.807, 2.05) is 0 Å². The molecule has 120 valence electrons. The zero-order chi connectivity index (χ0) is 16.6. The van der Waals surface area contributed by atoms with Gasteiger partial charge in [-0.2, -0.15) is 0 Å². The van der Waals surface area contributed by atoms with Crippen molar-refractivity contribution in [1.82, 2.24) is 0 Å². The van der Waals surface area contributed by atoms with Crippen LogP contribution in [0.5, 0.6) is 11.5 Å². The first kappa shape index (κ1) is 37.0. The van der Waals surface area contributed by atoms with Gasteiger partial charge in [0.25, 0.3) is 0 Å². The van der Waals surface area contributed by atoms with Crippen molar-refractivity contribution in [2.24, 2.45) is 0 Å². The van der Waals surface area contributed by atoms with Crippen LogP contribution in [-0.4, -0.2) is 0 Å². The molecule has 2 aromatic rings. The Kier molecular flexibility index (Phi) is 27.4. The minimum absolute atomic E-state index is 0. The van der Waals surface area contributed by atoms with Gasteiger partial charge in [-0.05, 0) is 24.3 Å². The van der Waals surface area contributed by atoms with Gasteiger partial charge in [0.05, 0.1) is 0 Å². The fraction of sp³-hybridized carbons (Fsp3) is 0. The number of para-hydroxylation sites is 2. The van der Waals surface area contributed by atoms with E-state index in [9.17, 15) is 28.7 Å². The average Bonchev–Trinajstić information content (AvgIpc) is 2.38. The minimum atomic E-state index is -4.89. The van der Waals surface area contributed by atoms with Crippen molar-refractivity contribution in [3.63, 3.8) is 0 Å². The van der Waals surface area contributed by atoms with Crippen molar-refractivity contribution in [2.45, 2.75) is 0 Å². The van der Waals surface area contributed by atoms with Crippen LogP contribution in [0.25, 0.3) is 0 Å². The van der Waals surface area contributed by atoms with Crippen LogP contribution in [0.3, 0.4) is 0 Å². The molecule has 0 spiro atoms. The SMILES string of the molecule is O=P([O-])([O-])Oc1ccccc1.O=P([O-])([O-])Oc1ccccc1.[K+].[K+].[Na+].[Na+]. The molecule has 0 saturated carbocycles. The molecule has 2 aromatic carbocycles. The Morgan fingerprint density at radius 1 is 0.577 bits per heavy atom. The predicted octanol–water partition coefficient (Wildman–Crippen LogP) is -12.2. The van der Waals surface area contributed by atoms with Crippen molar-refractivity contribution in [3.05, 3.63) is 60.7 Å². The van der Waals surface area contributed by atoms with E-state index in [1.165, 1.54) is 24.3 Å². The maximum atomic E-state index is 10.1. The van der Waals surface area contributed by atoms with Gasteiger partial charge in [-0.3, -0.25) is 0 Å². The first-order chi connectivity index (χ1) is 10.2. The van der Waals surface area contributed by atoms with E-state index in [1.54, 1.807) is 36.4 Å². The number of benzene rings is 2. The Morgan fingerprint density at radius 3 is 1.00 bits per heavy atom. The van der Waals surface area contributed by atoms with Crippen LogP contribution in [0, 0.1) is 0 Å². The number of phosphoric acid groups is 2. The normalized spacial score (nSPS) is 9.38. The second-order valence-electron chi connectivity index (χ2n) is 3.70. The fourth-order valence-corrected chi connectivity index (χ4v) is 1.98. The predicted molar refractivity (Wildman–Crippen MR) is 69.4 cm³/mol. The standard InChI is InChI=1S/2C6H7O4P.2K.2Na/c2*7-11(8,9)10-6-4-2-1-3-5-6;;;;/h2*1-5H,(H2,7,8,9);;;;/q;;4*+1/p-4. The largest absolute Gasteiger partial charge is 1.00 e. The Balaban J connectivity index is -0.000000161. The fourth-order valence-electron chi connectivity index (χ4n) is 1.22. The van der Waals surface area contributed by atoms with Crippen molar-refractivity contribution in [3.8, 4) is 11.5 Å². The third kappa shape index (κ3) is 22.3. The molecule has 0 fully saturated rings. The summed E-state index contributed by atoms with van der Waals surface area (Å²) < 4.78 is 28.2. The summed E-state index contributed by atoms with van der Waals surface area (Å²) in [6, 6.07) is 15.2. The van der Waals surface area contributed by atoms with E-state index in [0.29, 0.717) is 0 Å². The van der Waals surface area contributed by atoms with Crippen LogP contribution in [-0.2, 0) is 9.13 Å². The molecule has 8 nitrogen and oxygen atoms in total. The molecule has 2 rings (SSSR count). The van der Waals surface area contributed by atoms with Crippen LogP contribution in [0.15, 0.2) is 60.7 Å². The van der Waals surface area contributed by atoms with Gasteiger partial charge in [-0.1, -0.05) is 36.4 Å². The maximum Gasteiger partial charge on any atom is 1.00 e. The second kappa shape index (κ2) is 19.3. The molecule has 0 aliphatic rings. The molecule has 0 aliphatic heterocycles. The molecule has 0 amide bonds. The number of hydrogen-bond donors (Lipinski definition) is 0. The Morgan fingerprint density at radius 2 is 0.808 bits per heavy atom. The van der Waals surface area contributed by atoms with Gasteiger partial charge < -0.3 is 37.8 Å². The zero-order valence-corrected chi connectivity index (χ0v) is 27.0. The summed E-state index contributed by atoms with van der Waals surface area (Å²) in [6.45, 7) is 0. The Bertz CT molecular complexity index is 610. The summed E-state index contributed by atoms with van der Waals surface area (Å²) in [6.07, 6.45) is 0. The first-order valence-corrected chi connectivity index (χ1v) is 8.61. The smallest absolute Gasteiger partial charge is 0.780 e. The van der Waals surface area contributed by atoms with Crippen molar-refractivity contribution < 1.29 is 200 Å². The molecule has 0 radical (unpaired) electrons.